The van der Waals surface area contributed by atoms with Crippen LogP contribution in [0.4, 0.5) is 0 Å². The minimum absolute atomic E-state index is 0. The lowest BCUT2D eigenvalue weighted by molar-refractivity contribution is -0.127. The third-order valence-electron chi connectivity index (χ3n) is 3.47. The van der Waals surface area contributed by atoms with Crippen molar-refractivity contribution in [3.05, 3.63) is 0 Å². The first-order valence-electron chi connectivity index (χ1n) is 7.79. The van der Waals surface area contributed by atoms with Crippen LogP contribution < -0.4 is 10.6 Å². The zero-order valence-corrected chi connectivity index (χ0v) is 16.6. The third kappa shape index (κ3) is 9.45. The van der Waals surface area contributed by atoms with E-state index >= 15 is 0 Å². The normalized spacial score (nSPS) is 18.0. The van der Waals surface area contributed by atoms with Gasteiger partial charge in [0, 0.05) is 39.7 Å². The zero-order chi connectivity index (χ0) is 15.7. The van der Waals surface area contributed by atoms with Crippen LogP contribution in [0.25, 0.3) is 0 Å². The van der Waals surface area contributed by atoms with Gasteiger partial charge in [0.15, 0.2) is 5.96 Å². The van der Waals surface area contributed by atoms with Gasteiger partial charge >= 0.3 is 0 Å². The highest BCUT2D eigenvalue weighted by Gasteiger charge is 2.15. The summed E-state index contributed by atoms with van der Waals surface area (Å²) < 4.78 is 5.37. The largest absolute Gasteiger partial charge is 0.381 e. The van der Waals surface area contributed by atoms with E-state index in [1.165, 1.54) is 0 Å². The predicted octanol–water partition coefficient (Wildman–Crippen LogP) is 1.31. The monoisotopic (exact) mass is 426 g/mol. The fraction of sp³-hybridized carbons (Fsp3) is 0.867. The lowest BCUT2D eigenvalue weighted by atomic mass is 10.1. The fourth-order valence-corrected chi connectivity index (χ4v) is 1.93. The summed E-state index contributed by atoms with van der Waals surface area (Å²) in [5.41, 5.74) is 0. The van der Waals surface area contributed by atoms with Crippen molar-refractivity contribution in [3.8, 4) is 0 Å². The lowest BCUT2D eigenvalue weighted by Gasteiger charge is -2.16. The number of carbonyl (C=O) groups is 1. The number of nitrogens with zero attached hydrogens (tertiary/aromatic N) is 2. The van der Waals surface area contributed by atoms with Crippen LogP contribution >= 0.6 is 24.0 Å². The molecule has 6 nitrogen and oxygen atoms in total. The molecule has 1 saturated heterocycles. The maximum Gasteiger partial charge on any atom is 0.243 e. The number of amides is 1. The van der Waals surface area contributed by atoms with Gasteiger partial charge in [-0.15, -0.1) is 24.0 Å². The quantitative estimate of drug-likeness (QED) is 0.366. The second-order valence-corrected chi connectivity index (χ2v) is 6.17. The van der Waals surface area contributed by atoms with Gasteiger partial charge in [-0.25, -0.2) is 4.99 Å². The minimum atomic E-state index is 0. The number of hydrogen-bond acceptors (Lipinski definition) is 3. The number of guanidine groups is 1. The van der Waals surface area contributed by atoms with Gasteiger partial charge in [0.25, 0.3) is 0 Å². The minimum Gasteiger partial charge on any atom is -0.381 e. The molecule has 0 spiro atoms. The Kier molecular flexibility index (Phi) is 11.6. The highest BCUT2D eigenvalue weighted by Crippen LogP contribution is 2.10. The number of nitrogens with one attached hydrogen (secondary N) is 2. The van der Waals surface area contributed by atoms with Gasteiger partial charge in [-0.05, 0) is 18.8 Å². The van der Waals surface area contributed by atoms with Crippen molar-refractivity contribution in [2.45, 2.75) is 26.7 Å². The van der Waals surface area contributed by atoms with Crippen LogP contribution in [0.3, 0.4) is 0 Å². The first kappa shape index (κ1) is 21.4. The molecule has 0 radical (unpaired) electrons. The molecule has 2 N–H and O–H groups in total. The van der Waals surface area contributed by atoms with Crippen LogP contribution in [-0.4, -0.2) is 63.7 Å². The molecule has 0 bridgehead atoms. The van der Waals surface area contributed by atoms with E-state index in [1.807, 2.05) is 0 Å². The van der Waals surface area contributed by atoms with Crippen LogP contribution in [0.2, 0.25) is 0 Å². The Labute approximate surface area is 151 Å². The molecule has 7 heteroatoms. The van der Waals surface area contributed by atoms with E-state index in [1.54, 1.807) is 19.0 Å². The number of rotatable bonds is 7. The Morgan fingerprint density at radius 1 is 1.36 bits per heavy atom. The molecule has 0 aromatic rings. The molecule has 1 aliphatic heterocycles. The summed E-state index contributed by atoms with van der Waals surface area (Å²) in [4.78, 5) is 17.6. The van der Waals surface area contributed by atoms with E-state index in [0.717, 1.165) is 45.1 Å². The van der Waals surface area contributed by atoms with E-state index in [0.29, 0.717) is 11.8 Å². The lowest BCUT2D eigenvalue weighted by Crippen LogP contribution is -2.41. The molecule has 1 amide bonds. The predicted molar refractivity (Wildman–Crippen MR) is 101 cm³/mol. The van der Waals surface area contributed by atoms with E-state index in [2.05, 4.69) is 29.5 Å². The van der Waals surface area contributed by atoms with Crippen molar-refractivity contribution in [1.29, 1.82) is 0 Å². The molecule has 130 valence electrons. The molecule has 1 aliphatic rings. The molecule has 0 saturated carbocycles. The Morgan fingerprint density at radius 3 is 2.64 bits per heavy atom. The molecule has 1 heterocycles. The molecular weight excluding hydrogens is 395 g/mol. The Bertz CT molecular complexity index is 342. The molecular formula is C15H31IN4O2. The van der Waals surface area contributed by atoms with E-state index < -0.39 is 0 Å². The van der Waals surface area contributed by atoms with Crippen LogP contribution in [-0.2, 0) is 9.53 Å². The zero-order valence-electron chi connectivity index (χ0n) is 14.2. The molecule has 0 aromatic carbocycles. The van der Waals surface area contributed by atoms with Crippen molar-refractivity contribution in [3.63, 3.8) is 0 Å². The van der Waals surface area contributed by atoms with Gasteiger partial charge in [0.2, 0.25) is 5.91 Å². The van der Waals surface area contributed by atoms with Gasteiger partial charge in [-0.1, -0.05) is 13.8 Å². The van der Waals surface area contributed by atoms with E-state index in [9.17, 15) is 4.79 Å². The molecule has 22 heavy (non-hydrogen) atoms. The number of likely N-dealkylation sites (N-methyl/N-ethyl adjacent to an activating group) is 1. The molecule has 1 unspecified atom stereocenters. The summed E-state index contributed by atoms with van der Waals surface area (Å²) in [6.07, 6.45) is 2.16. The van der Waals surface area contributed by atoms with E-state index in [-0.39, 0.29) is 36.4 Å². The van der Waals surface area contributed by atoms with Crippen LogP contribution in [0, 0.1) is 11.8 Å². The second-order valence-electron chi connectivity index (χ2n) is 6.17. The maximum absolute atomic E-state index is 11.6. The van der Waals surface area contributed by atoms with Crippen molar-refractivity contribution in [2.75, 3.05) is 46.9 Å². The van der Waals surface area contributed by atoms with Crippen molar-refractivity contribution < 1.29 is 9.53 Å². The number of aliphatic imine (C=N–C) groups is 1. The molecule has 1 fully saturated rings. The second kappa shape index (κ2) is 11.9. The first-order chi connectivity index (χ1) is 9.99. The SMILES string of the molecule is CC(C)CCNC(=NCC(=O)N(C)C)NCC1CCOC1.I. The highest BCUT2D eigenvalue weighted by atomic mass is 127. The molecule has 0 aromatic heterocycles. The van der Waals surface area contributed by atoms with Crippen molar-refractivity contribution in [2.24, 2.45) is 16.8 Å². The molecule has 1 atom stereocenters. The summed E-state index contributed by atoms with van der Waals surface area (Å²) >= 11 is 0. The molecule has 0 aliphatic carbocycles. The Morgan fingerprint density at radius 2 is 2.09 bits per heavy atom. The first-order valence-corrected chi connectivity index (χ1v) is 7.79. The summed E-state index contributed by atoms with van der Waals surface area (Å²) in [5.74, 6) is 1.90. The van der Waals surface area contributed by atoms with Gasteiger partial charge in [-0.2, -0.15) is 0 Å². The average Bonchev–Trinajstić information content (AvgIpc) is 2.93. The van der Waals surface area contributed by atoms with Crippen LogP contribution in [0.5, 0.6) is 0 Å². The van der Waals surface area contributed by atoms with Crippen molar-refractivity contribution >= 4 is 35.8 Å². The highest BCUT2D eigenvalue weighted by molar-refractivity contribution is 14.0. The number of hydrogen-bond donors (Lipinski definition) is 2. The smallest absolute Gasteiger partial charge is 0.243 e. The summed E-state index contributed by atoms with van der Waals surface area (Å²) in [7, 11) is 3.49. The summed E-state index contributed by atoms with van der Waals surface area (Å²) in [5, 5.41) is 6.61. The van der Waals surface area contributed by atoms with Gasteiger partial charge in [0.05, 0.1) is 6.61 Å². The summed E-state index contributed by atoms with van der Waals surface area (Å²) in [6.45, 7) is 7.91. The number of carbonyl (C=O) groups excluding carboxylic acids is 1. The van der Waals surface area contributed by atoms with Crippen molar-refractivity contribution in [1.82, 2.24) is 15.5 Å². The van der Waals surface area contributed by atoms with Crippen LogP contribution in [0.1, 0.15) is 26.7 Å². The third-order valence-corrected chi connectivity index (χ3v) is 3.47. The standard InChI is InChI=1S/C15H30N4O2.HI/c1-12(2)5-7-16-15(18-10-14(20)19(3)4)17-9-13-6-8-21-11-13;/h12-13H,5-11H2,1-4H3,(H2,16,17,18);1H. The molecule has 1 rings (SSSR count). The van der Waals surface area contributed by atoms with Crippen LogP contribution in [0.15, 0.2) is 4.99 Å². The van der Waals surface area contributed by atoms with Gasteiger partial charge in [-0.3, -0.25) is 4.79 Å². The summed E-state index contributed by atoms with van der Waals surface area (Å²) in [6, 6.07) is 0. The van der Waals surface area contributed by atoms with Gasteiger partial charge in [0.1, 0.15) is 6.54 Å². The Hall–Kier alpha value is -0.570. The van der Waals surface area contributed by atoms with E-state index in [4.69, 9.17) is 4.74 Å². The fourth-order valence-electron chi connectivity index (χ4n) is 1.93. The van der Waals surface area contributed by atoms with Gasteiger partial charge < -0.3 is 20.3 Å². The average molecular weight is 426 g/mol. The maximum atomic E-state index is 11.6. The Balaban J connectivity index is 0.00000441. The topological polar surface area (TPSA) is 66.0 Å². The number of ether oxygens (including phenoxy) is 1. The number of halogens is 1.